The molecular formula is C15H22O2. The van der Waals surface area contributed by atoms with Crippen molar-refractivity contribution in [2.24, 2.45) is 5.92 Å². The van der Waals surface area contributed by atoms with Gasteiger partial charge in [0.2, 0.25) is 0 Å². The SMILES string of the molecule is Cc1ccc(C(C)CC(=O)CC(C)C)cc1O. The summed E-state index contributed by atoms with van der Waals surface area (Å²) in [6.07, 6.45) is 1.20. The van der Waals surface area contributed by atoms with Crippen LogP contribution in [0.4, 0.5) is 0 Å². The van der Waals surface area contributed by atoms with Crippen molar-refractivity contribution in [1.82, 2.24) is 0 Å². The Kier molecular flexibility index (Phi) is 4.73. The van der Waals surface area contributed by atoms with Gasteiger partial charge in [-0.2, -0.15) is 0 Å². The Morgan fingerprint density at radius 3 is 2.41 bits per heavy atom. The van der Waals surface area contributed by atoms with Crippen LogP contribution in [0.3, 0.4) is 0 Å². The van der Waals surface area contributed by atoms with Gasteiger partial charge in [-0.05, 0) is 36.0 Å². The van der Waals surface area contributed by atoms with Gasteiger partial charge in [-0.1, -0.05) is 32.9 Å². The standard InChI is InChI=1S/C15H22O2/c1-10(2)7-14(16)8-12(4)13-6-5-11(3)15(17)9-13/h5-6,9-10,12,17H,7-8H2,1-4H3. The van der Waals surface area contributed by atoms with E-state index in [4.69, 9.17) is 0 Å². The van der Waals surface area contributed by atoms with E-state index >= 15 is 0 Å². The number of aromatic hydroxyl groups is 1. The van der Waals surface area contributed by atoms with Crippen LogP contribution >= 0.6 is 0 Å². The Hall–Kier alpha value is -1.31. The van der Waals surface area contributed by atoms with Crippen LogP contribution in [-0.4, -0.2) is 10.9 Å². The third-order valence-corrected chi connectivity index (χ3v) is 2.97. The predicted molar refractivity (Wildman–Crippen MR) is 70.3 cm³/mol. The van der Waals surface area contributed by atoms with Crippen molar-refractivity contribution in [3.63, 3.8) is 0 Å². The van der Waals surface area contributed by atoms with E-state index in [0.717, 1.165) is 11.1 Å². The van der Waals surface area contributed by atoms with E-state index < -0.39 is 0 Å². The minimum absolute atomic E-state index is 0.174. The van der Waals surface area contributed by atoms with Gasteiger partial charge in [-0.25, -0.2) is 0 Å². The third-order valence-electron chi connectivity index (χ3n) is 2.97. The van der Waals surface area contributed by atoms with Crippen LogP contribution in [0.15, 0.2) is 18.2 Å². The van der Waals surface area contributed by atoms with Crippen LogP contribution in [0, 0.1) is 12.8 Å². The maximum absolute atomic E-state index is 11.7. The summed E-state index contributed by atoms with van der Waals surface area (Å²) < 4.78 is 0. The molecule has 0 spiro atoms. The number of benzene rings is 1. The summed E-state index contributed by atoms with van der Waals surface area (Å²) in [5, 5.41) is 9.64. The number of aryl methyl sites for hydroxylation is 1. The summed E-state index contributed by atoms with van der Waals surface area (Å²) in [6, 6.07) is 5.65. The van der Waals surface area contributed by atoms with E-state index in [2.05, 4.69) is 13.8 Å². The zero-order valence-corrected chi connectivity index (χ0v) is 11.2. The average Bonchev–Trinajstić information content (AvgIpc) is 2.20. The molecule has 0 heterocycles. The van der Waals surface area contributed by atoms with E-state index in [0.29, 0.717) is 30.3 Å². The van der Waals surface area contributed by atoms with Gasteiger partial charge in [0, 0.05) is 12.8 Å². The summed E-state index contributed by atoms with van der Waals surface area (Å²) in [5.74, 6) is 1.20. The maximum Gasteiger partial charge on any atom is 0.133 e. The molecule has 1 atom stereocenters. The summed E-state index contributed by atoms with van der Waals surface area (Å²) in [5.41, 5.74) is 1.90. The topological polar surface area (TPSA) is 37.3 Å². The summed E-state index contributed by atoms with van der Waals surface area (Å²) in [7, 11) is 0. The molecule has 94 valence electrons. The first-order chi connectivity index (χ1) is 7.90. The number of ketones is 1. The molecule has 0 amide bonds. The number of Topliss-reactive ketones (excluding diaryl/α,β-unsaturated/α-hetero) is 1. The van der Waals surface area contributed by atoms with Crippen molar-refractivity contribution < 1.29 is 9.90 Å². The quantitative estimate of drug-likeness (QED) is 0.841. The number of hydrogen-bond acceptors (Lipinski definition) is 2. The monoisotopic (exact) mass is 234 g/mol. The van der Waals surface area contributed by atoms with Crippen molar-refractivity contribution >= 4 is 5.78 Å². The van der Waals surface area contributed by atoms with Gasteiger partial charge in [0.1, 0.15) is 11.5 Å². The molecule has 0 radical (unpaired) electrons. The molecule has 1 aromatic carbocycles. The highest BCUT2D eigenvalue weighted by molar-refractivity contribution is 5.79. The molecule has 1 N–H and O–H groups in total. The summed E-state index contributed by atoms with van der Waals surface area (Å²) in [4.78, 5) is 11.7. The molecule has 2 nitrogen and oxygen atoms in total. The van der Waals surface area contributed by atoms with Gasteiger partial charge in [0.05, 0.1) is 0 Å². The highest BCUT2D eigenvalue weighted by atomic mass is 16.3. The number of phenols is 1. The molecular weight excluding hydrogens is 212 g/mol. The van der Waals surface area contributed by atoms with Gasteiger partial charge < -0.3 is 5.11 Å². The first kappa shape index (κ1) is 13.8. The van der Waals surface area contributed by atoms with E-state index in [1.54, 1.807) is 6.07 Å². The second-order valence-corrected chi connectivity index (χ2v) is 5.29. The van der Waals surface area contributed by atoms with Crippen molar-refractivity contribution in [2.75, 3.05) is 0 Å². The number of rotatable bonds is 5. The summed E-state index contributed by atoms with van der Waals surface area (Å²) >= 11 is 0. The Labute approximate surface area is 104 Å². The van der Waals surface area contributed by atoms with Gasteiger partial charge in [0.15, 0.2) is 0 Å². The Balaban J connectivity index is 2.66. The van der Waals surface area contributed by atoms with Crippen molar-refractivity contribution in [1.29, 1.82) is 0 Å². The third kappa shape index (κ3) is 4.22. The fourth-order valence-corrected chi connectivity index (χ4v) is 1.93. The lowest BCUT2D eigenvalue weighted by Gasteiger charge is -2.13. The van der Waals surface area contributed by atoms with Gasteiger partial charge in [0.25, 0.3) is 0 Å². The van der Waals surface area contributed by atoms with E-state index in [1.807, 2.05) is 26.0 Å². The Morgan fingerprint density at radius 1 is 1.24 bits per heavy atom. The van der Waals surface area contributed by atoms with Crippen LogP contribution in [-0.2, 0) is 4.79 Å². The molecule has 1 rings (SSSR count). The van der Waals surface area contributed by atoms with Crippen LogP contribution in [0.25, 0.3) is 0 Å². The van der Waals surface area contributed by atoms with Gasteiger partial charge >= 0.3 is 0 Å². The fraction of sp³-hybridized carbons (Fsp3) is 0.533. The molecule has 2 heteroatoms. The van der Waals surface area contributed by atoms with E-state index in [-0.39, 0.29) is 5.92 Å². The van der Waals surface area contributed by atoms with Crippen LogP contribution in [0.2, 0.25) is 0 Å². The molecule has 0 saturated heterocycles. The molecule has 0 bridgehead atoms. The molecule has 0 aromatic heterocycles. The predicted octanol–water partition coefficient (Wildman–Crippen LogP) is 3.81. The number of phenolic OH excluding ortho intramolecular Hbond substituents is 1. The van der Waals surface area contributed by atoms with Crippen molar-refractivity contribution in [3.8, 4) is 5.75 Å². The van der Waals surface area contributed by atoms with Gasteiger partial charge in [-0.15, -0.1) is 0 Å². The zero-order valence-electron chi connectivity index (χ0n) is 11.2. The molecule has 0 saturated carbocycles. The molecule has 1 unspecified atom stereocenters. The highest BCUT2D eigenvalue weighted by Crippen LogP contribution is 2.26. The van der Waals surface area contributed by atoms with Crippen LogP contribution in [0.1, 0.15) is 50.7 Å². The second-order valence-electron chi connectivity index (χ2n) is 5.29. The Bertz CT molecular complexity index is 394. The lowest BCUT2D eigenvalue weighted by Crippen LogP contribution is -2.07. The number of hydrogen-bond donors (Lipinski definition) is 1. The number of carbonyl (C=O) groups is 1. The van der Waals surface area contributed by atoms with Gasteiger partial charge in [-0.3, -0.25) is 4.79 Å². The molecule has 0 aliphatic rings. The van der Waals surface area contributed by atoms with Crippen LogP contribution in [0.5, 0.6) is 5.75 Å². The minimum atomic E-state index is 0.174. The second kappa shape index (κ2) is 5.85. The average molecular weight is 234 g/mol. The molecule has 0 aliphatic heterocycles. The Morgan fingerprint density at radius 2 is 1.88 bits per heavy atom. The molecule has 17 heavy (non-hydrogen) atoms. The lowest BCUT2D eigenvalue weighted by molar-refractivity contribution is -0.120. The van der Waals surface area contributed by atoms with Crippen molar-refractivity contribution in [3.05, 3.63) is 29.3 Å². The number of carbonyl (C=O) groups excluding carboxylic acids is 1. The summed E-state index contributed by atoms with van der Waals surface area (Å²) in [6.45, 7) is 8.01. The first-order valence-electron chi connectivity index (χ1n) is 6.21. The van der Waals surface area contributed by atoms with Crippen LogP contribution < -0.4 is 0 Å². The fourth-order valence-electron chi connectivity index (χ4n) is 1.93. The molecule has 1 aromatic rings. The van der Waals surface area contributed by atoms with Crippen molar-refractivity contribution in [2.45, 2.75) is 46.5 Å². The van der Waals surface area contributed by atoms with E-state index in [1.165, 1.54) is 0 Å². The smallest absolute Gasteiger partial charge is 0.133 e. The highest BCUT2D eigenvalue weighted by Gasteiger charge is 2.13. The zero-order chi connectivity index (χ0) is 13.0. The molecule has 0 aliphatic carbocycles. The maximum atomic E-state index is 11.7. The minimum Gasteiger partial charge on any atom is -0.508 e. The lowest BCUT2D eigenvalue weighted by atomic mass is 9.92. The van der Waals surface area contributed by atoms with E-state index in [9.17, 15) is 9.90 Å². The first-order valence-corrected chi connectivity index (χ1v) is 6.21. The molecule has 0 fully saturated rings. The normalized spacial score (nSPS) is 12.8. The largest absolute Gasteiger partial charge is 0.508 e.